The van der Waals surface area contributed by atoms with Gasteiger partial charge >= 0.3 is 17.3 Å². The van der Waals surface area contributed by atoms with Crippen LogP contribution in [0.15, 0.2) is 40.2 Å². The van der Waals surface area contributed by atoms with Gasteiger partial charge in [-0.15, -0.1) is 0 Å². The minimum atomic E-state index is -4.66. The van der Waals surface area contributed by atoms with Crippen LogP contribution in [0.2, 0.25) is 0 Å². The molecule has 1 amide bonds. The van der Waals surface area contributed by atoms with Crippen LogP contribution in [0.5, 0.6) is 0 Å². The number of hydrogen-bond donors (Lipinski definition) is 1. The van der Waals surface area contributed by atoms with Gasteiger partial charge in [0, 0.05) is 18.1 Å². The highest BCUT2D eigenvalue weighted by molar-refractivity contribution is 5.90. The molecule has 134 valence electrons. The van der Waals surface area contributed by atoms with Crippen molar-refractivity contribution >= 4 is 11.6 Å². The number of amides is 1. The Morgan fingerprint density at radius 3 is 2.32 bits per heavy atom. The Balaban J connectivity index is 2.16. The van der Waals surface area contributed by atoms with E-state index in [0.29, 0.717) is 10.1 Å². The lowest BCUT2D eigenvalue weighted by molar-refractivity contribution is -0.141. The SMILES string of the molecule is Cc1ccc(NC(=O)Cn2ccn(CC(F)(F)F)c(=O)c2=O)cc1F. The maximum atomic E-state index is 13.4. The first-order valence-electron chi connectivity index (χ1n) is 6.99. The predicted octanol–water partition coefficient (Wildman–Crippen LogP) is 1.66. The number of carbonyl (C=O) groups is 1. The average molecular weight is 359 g/mol. The first-order chi connectivity index (χ1) is 11.6. The van der Waals surface area contributed by atoms with Crippen molar-refractivity contribution in [3.63, 3.8) is 0 Å². The van der Waals surface area contributed by atoms with Gasteiger partial charge in [0.1, 0.15) is 18.9 Å². The van der Waals surface area contributed by atoms with E-state index in [0.717, 1.165) is 18.5 Å². The number of benzene rings is 1. The molecule has 1 aromatic carbocycles. The van der Waals surface area contributed by atoms with Crippen LogP contribution in [0.3, 0.4) is 0 Å². The predicted molar refractivity (Wildman–Crippen MR) is 80.8 cm³/mol. The molecule has 1 aromatic heterocycles. The molecule has 1 N–H and O–H groups in total. The zero-order valence-corrected chi connectivity index (χ0v) is 12.9. The molecule has 0 saturated heterocycles. The van der Waals surface area contributed by atoms with E-state index in [2.05, 4.69) is 5.32 Å². The van der Waals surface area contributed by atoms with Crippen molar-refractivity contribution in [2.75, 3.05) is 5.32 Å². The van der Waals surface area contributed by atoms with Crippen molar-refractivity contribution in [1.82, 2.24) is 9.13 Å². The third-order valence-electron chi connectivity index (χ3n) is 3.25. The number of aromatic nitrogens is 2. The molecule has 6 nitrogen and oxygen atoms in total. The number of alkyl halides is 3. The summed E-state index contributed by atoms with van der Waals surface area (Å²) in [7, 11) is 0. The molecular weight excluding hydrogens is 346 g/mol. The summed E-state index contributed by atoms with van der Waals surface area (Å²) in [6, 6.07) is 3.97. The Kier molecular flexibility index (Phi) is 5.10. The minimum Gasteiger partial charge on any atom is -0.324 e. The Hall–Kier alpha value is -2.91. The molecule has 0 aliphatic rings. The number of rotatable bonds is 4. The van der Waals surface area contributed by atoms with E-state index in [1.165, 1.54) is 19.1 Å². The summed E-state index contributed by atoms with van der Waals surface area (Å²) in [6.45, 7) is -0.663. The first-order valence-corrected chi connectivity index (χ1v) is 6.99. The zero-order chi connectivity index (χ0) is 18.8. The van der Waals surface area contributed by atoms with E-state index in [1.54, 1.807) is 0 Å². The van der Waals surface area contributed by atoms with Gasteiger partial charge in [-0.1, -0.05) is 6.07 Å². The van der Waals surface area contributed by atoms with Crippen LogP contribution < -0.4 is 16.4 Å². The molecule has 0 aliphatic heterocycles. The normalized spacial score (nSPS) is 11.4. The number of halogens is 4. The third-order valence-corrected chi connectivity index (χ3v) is 3.25. The lowest BCUT2D eigenvalue weighted by atomic mass is 10.2. The first kappa shape index (κ1) is 18.4. The van der Waals surface area contributed by atoms with Crippen molar-refractivity contribution in [3.05, 3.63) is 62.7 Å². The number of hydrogen-bond acceptors (Lipinski definition) is 3. The van der Waals surface area contributed by atoms with Crippen LogP contribution in [0, 0.1) is 12.7 Å². The van der Waals surface area contributed by atoms with E-state index in [1.807, 2.05) is 0 Å². The molecule has 10 heteroatoms. The van der Waals surface area contributed by atoms with Crippen LogP contribution in [0.1, 0.15) is 5.56 Å². The molecule has 2 rings (SSSR count). The number of nitrogens with zero attached hydrogens (tertiary/aromatic N) is 2. The molecule has 1 heterocycles. The summed E-state index contributed by atoms with van der Waals surface area (Å²) in [6.07, 6.45) is -2.98. The fraction of sp³-hybridized carbons (Fsp3) is 0.267. The smallest absolute Gasteiger partial charge is 0.324 e. The van der Waals surface area contributed by atoms with Crippen LogP contribution >= 0.6 is 0 Å². The Bertz CT molecular complexity index is 915. The second kappa shape index (κ2) is 6.91. The van der Waals surface area contributed by atoms with E-state index in [9.17, 15) is 31.9 Å². The molecular formula is C15H13F4N3O3. The van der Waals surface area contributed by atoms with Crippen LogP contribution in [0.4, 0.5) is 23.2 Å². The van der Waals surface area contributed by atoms with Crippen LogP contribution in [-0.4, -0.2) is 21.2 Å². The molecule has 0 unspecified atom stereocenters. The van der Waals surface area contributed by atoms with Gasteiger partial charge in [0.05, 0.1) is 0 Å². The molecule has 0 aliphatic carbocycles. The highest BCUT2D eigenvalue weighted by atomic mass is 19.4. The van der Waals surface area contributed by atoms with Crippen molar-refractivity contribution in [3.8, 4) is 0 Å². The van der Waals surface area contributed by atoms with Gasteiger partial charge in [-0.05, 0) is 24.6 Å². The standard InChI is InChI=1S/C15H13F4N3O3/c1-9-2-3-10(6-11(9)16)20-12(23)7-21-4-5-22(8-15(17,18)19)14(25)13(21)24/h2-6H,7-8H2,1H3,(H,20,23). The van der Waals surface area contributed by atoms with Gasteiger partial charge in [0.2, 0.25) is 5.91 Å². The number of anilines is 1. The fourth-order valence-corrected chi connectivity index (χ4v) is 2.01. The average Bonchev–Trinajstić information content (AvgIpc) is 2.49. The Labute approximate surface area is 138 Å². The maximum absolute atomic E-state index is 13.4. The molecule has 2 aromatic rings. The van der Waals surface area contributed by atoms with Crippen molar-refractivity contribution in [1.29, 1.82) is 0 Å². The van der Waals surface area contributed by atoms with Gasteiger partial charge < -0.3 is 9.88 Å². The Morgan fingerprint density at radius 1 is 1.12 bits per heavy atom. The van der Waals surface area contributed by atoms with Crippen LogP contribution in [0.25, 0.3) is 0 Å². The van der Waals surface area contributed by atoms with Gasteiger partial charge in [0.15, 0.2) is 0 Å². The summed E-state index contributed by atoms with van der Waals surface area (Å²) in [5.41, 5.74) is -2.14. The van der Waals surface area contributed by atoms with Crippen LogP contribution in [-0.2, 0) is 17.9 Å². The molecule has 0 fully saturated rings. The lowest BCUT2D eigenvalue weighted by Crippen LogP contribution is -2.43. The van der Waals surface area contributed by atoms with E-state index >= 15 is 0 Å². The third kappa shape index (κ3) is 4.78. The van der Waals surface area contributed by atoms with Gasteiger partial charge in [-0.2, -0.15) is 13.2 Å². The van der Waals surface area contributed by atoms with E-state index in [-0.39, 0.29) is 10.3 Å². The van der Waals surface area contributed by atoms with Crippen molar-refractivity contribution in [2.24, 2.45) is 0 Å². The summed E-state index contributed by atoms with van der Waals surface area (Å²) < 4.78 is 51.2. The van der Waals surface area contributed by atoms with Gasteiger partial charge in [-0.25, -0.2) is 4.39 Å². The molecule has 0 radical (unpaired) electrons. The maximum Gasteiger partial charge on any atom is 0.406 e. The highest BCUT2D eigenvalue weighted by Crippen LogP contribution is 2.16. The summed E-state index contributed by atoms with van der Waals surface area (Å²) in [4.78, 5) is 35.3. The Morgan fingerprint density at radius 2 is 1.72 bits per heavy atom. The molecule has 0 saturated carbocycles. The molecule has 0 bridgehead atoms. The molecule has 0 atom stereocenters. The zero-order valence-electron chi connectivity index (χ0n) is 12.9. The number of aryl methyl sites for hydroxylation is 1. The fourth-order valence-electron chi connectivity index (χ4n) is 2.01. The summed E-state index contributed by atoms with van der Waals surface area (Å²) in [5.74, 6) is -1.27. The van der Waals surface area contributed by atoms with Crippen molar-refractivity contribution < 1.29 is 22.4 Å². The largest absolute Gasteiger partial charge is 0.406 e. The summed E-state index contributed by atoms with van der Waals surface area (Å²) >= 11 is 0. The lowest BCUT2D eigenvalue weighted by Gasteiger charge is -2.11. The minimum absolute atomic E-state index is 0.145. The highest BCUT2D eigenvalue weighted by Gasteiger charge is 2.28. The molecule has 0 spiro atoms. The second-order valence-corrected chi connectivity index (χ2v) is 5.29. The van der Waals surface area contributed by atoms with Gasteiger partial charge in [-0.3, -0.25) is 19.0 Å². The van der Waals surface area contributed by atoms with Gasteiger partial charge in [0.25, 0.3) is 0 Å². The monoisotopic (exact) mass is 359 g/mol. The topological polar surface area (TPSA) is 73.1 Å². The number of carbonyl (C=O) groups excluding carboxylic acids is 1. The number of nitrogens with one attached hydrogen (secondary N) is 1. The van der Waals surface area contributed by atoms with E-state index in [4.69, 9.17) is 0 Å². The quantitative estimate of drug-likeness (QED) is 0.667. The molecule has 25 heavy (non-hydrogen) atoms. The second-order valence-electron chi connectivity index (χ2n) is 5.29. The van der Waals surface area contributed by atoms with E-state index < -0.39 is 42.1 Å². The summed E-state index contributed by atoms with van der Waals surface area (Å²) in [5, 5.41) is 2.33. The van der Waals surface area contributed by atoms with Crippen molar-refractivity contribution in [2.45, 2.75) is 26.2 Å².